The van der Waals surface area contributed by atoms with Crippen LogP contribution in [0.1, 0.15) is 32.8 Å². The highest BCUT2D eigenvalue weighted by Crippen LogP contribution is 2.46. The Hall–Kier alpha value is -1.93. The maximum Gasteiger partial charge on any atom is 0.405 e. The van der Waals surface area contributed by atoms with Gasteiger partial charge >= 0.3 is 7.75 Å². The summed E-state index contributed by atoms with van der Waals surface area (Å²) in [4.78, 5) is 37.1. The number of carbonyl (C=O) groups excluding carboxylic acids is 3. The molecule has 0 radical (unpaired) electrons. The summed E-state index contributed by atoms with van der Waals surface area (Å²) in [5, 5.41) is 33.5. The molecule has 39 heavy (non-hydrogen) atoms. The van der Waals surface area contributed by atoms with E-state index in [1.54, 1.807) is 13.8 Å². The molecular weight excluding hydrogens is 551 g/mol. The van der Waals surface area contributed by atoms with Gasteiger partial charge in [-0.05, 0) is 32.4 Å². The molecule has 1 aromatic rings. The molecule has 1 amide bonds. The predicted molar refractivity (Wildman–Crippen MR) is 142 cm³/mol. The van der Waals surface area contributed by atoms with Gasteiger partial charge in [0.15, 0.2) is 17.1 Å². The normalized spacial score (nSPS) is 27.1. The van der Waals surface area contributed by atoms with E-state index in [1.807, 2.05) is 30.3 Å². The van der Waals surface area contributed by atoms with Crippen molar-refractivity contribution in [3.05, 3.63) is 48.2 Å². The molecule has 216 valence electrons. The van der Waals surface area contributed by atoms with E-state index in [4.69, 9.17) is 13.8 Å². The van der Waals surface area contributed by atoms with Crippen LogP contribution in [-0.2, 0) is 39.3 Å². The number of benzene rings is 1. The lowest BCUT2D eigenvalue weighted by Crippen LogP contribution is -2.54. The van der Waals surface area contributed by atoms with Gasteiger partial charge < -0.3 is 20.1 Å². The topological polar surface area (TPSA) is 172 Å². The van der Waals surface area contributed by atoms with Crippen molar-refractivity contribution in [2.45, 2.75) is 57.8 Å². The van der Waals surface area contributed by atoms with E-state index >= 15 is 0 Å². The Morgan fingerprint density at radius 2 is 1.97 bits per heavy atom. The van der Waals surface area contributed by atoms with Crippen molar-refractivity contribution in [1.82, 2.24) is 9.99 Å². The van der Waals surface area contributed by atoms with Gasteiger partial charge in [0.25, 0.3) is 0 Å². The van der Waals surface area contributed by atoms with Crippen molar-refractivity contribution >= 4 is 36.3 Å². The number of nitrogens with one attached hydrogen (secondary N) is 1. The van der Waals surface area contributed by atoms with Crippen LogP contribution in [0.5, 0.6) is 0 Å². The van der Waals surface area contributed by atoms with Crippen LogP contribution in [0.15, 0.2) is 42.6 Å². The zero-order valence-electron chi connectivity index (χ0n) is 22.0. The number of aliphatic hydroxyl groups is 3. The quantitative estimate of drug-likeness (QED) is 0.149. The van der Waals surface area contributed by atoms with E-state index in [0.717, 1.165) is 22.2 Å². The number of nitrogens with zero attached hydrogens (tertiary/aromatic N) is 1. The first-order valence-corrected chi connectivity index (χ1v) is 14.9. The van der Waals surface area contributed by atoms with Crippen LogP contribution in [0.4, 0.5) is 0 Å². The molecule has 1 unspecified atom stereocenters. The van der Waals surface area contributed by atoms with E-state index in [1.165, 1.54) is 19.2 Å². The molecular formula is C25H35N2O10PS. The minimum Gasteiger partial charge on any atom is -0.395 e. The molecule has 1 aromatic carbocycles. The molecule has 2 heterocycles. The van der Waals surface area contributed by atoms with Crippen molar-refractivity contribution in [2.24, 2.45) is 5.41 Å². The molecule has 1 saturated heterocycles. The van der Waals surface area contributed by atoms with Gasteiger partial charge in [-0.3, -0.25) is 28.3 Å². The largest absolute Gasteiger partial charge is 0.405 e. The third-order valence-corrected chi connectivity index (χ3v) is 9.04. The highest BCUT2D eigenvalue weighted by atomic mass is 32.2. The first-order valence-electron chi connectivity index (χ1n) is 12.3. The summed E-state index contributed by atoms with van der Waals surface area (Å²) in [7, 11) is -4.02. The Morgan fingerprint density at radius 3 is 2.62 bits per heavy atom. The fourth-order valence-electron chi connectivity index (χ4n) is 3.77. The Labute approximate surface area is 231 Å². The summed E-state index contributed by atoms with van der Waals surface area (Å²) in [6.45, 7) is 3.71. The molecule has 4 N–H and O–H groups in total. The lowest BCUT2D eigenvalue weighted by atomic mass is 9.95. The first kappa shape index (κ1) is 31.6. The molecule has 0 aliphatic carbocycles. The highest BCUT2D eigenvalue weighted by molar-refractivity contribution is 8.13. The van der Waals surface area contributed by atoms with E-state index in [-0.39, 0.29) is 30.6 Å². The number of hydrogen-bond donors (Lipinski definition) is 4. The van der Waals surface area contributed by atoms with E-state index in [9.17, 15) is 34.3 Å². The molecule has 12 nitrogen and oxygen atoms in total. The zero-order valence-corrected chi connectivity index (χ0v) is 23.7. The predicted octanol–water partition coefficient (Wildman–Crippen LogP) is 1.35. The van der Waals surface area contributed by atoms with E-state index in [2.05, 4.69) is 5.09 Å². The van der Waals surface area contributed by atoms with Crippen LogP contribution >= 0.6 is 19.5 Å². The summed E-state index contributed by atoms with van der Waals surface area (Å²) < 4.78 is 30.4. The first-order chi connectivity index (χ1) is 18.3. The monoisotopic (exact) mass is 586 g/mol. The SMILES string of the molecule is CC(C)(CO)C(=O)SCCOP(=O)(NCc1ccccc1)OC[C@H]1O[C@@H](N2C=CC(=O)CC2=O)[C@](C)(O)[C@@H]1O. The third-order valence-electron chi connectivity index (χ3n) is 6.30. The van der Waals surface area contributed by atoms with Crippen molar-refractivity contribution in [3.63, 3.8) is 0 Å². The Balaban J connectivity index is 1.66. The number of ketones is 1. The summed E-state index contributed by atoms with van der Waals surface area (Å²) in [6.07, 6.45) is -2.06. The number of hydrogen-bond acceptors (Lipinski definition) is 11. The fraction of sp³-hybridized carbons (Fsp3) is 0.560. The number of aliphatic hydroxyl groups excluding tert-OH is 2. The van der Waals surface area contributed by atoms with Crippen molar-refractivity contribution in [3.8, 4) is 0 Å². The average Bonchev–Trinajstić information content (AvgIpc) is 3.13. The number of ether oxygens (including phenoxy) is 1. The van der Waals surface area contributed by atoms with Crippen molar-refractivity contribution in [1.29, 1.82) is 0 Å². The lowest BCUT2D eigenvalue weighted by molar-refractivity contribution is -0.158. The molecule has 2 aliphatic rings. The lowest BCUT2D eigenvalue weighted by Gasteiger charge is -2.34. The second-order valence-corrected chi connectivity index (χ2v) is 13.0. The number of rotatable bonds is 13. The molecule has 0 saturated carbocycles. The molecule has 3 rings (SSSR count). The average molecular weight is 587 g/mol. The smallest absolute Gasteiger partial charge is 0.395 e. The van der Waals surface area contributed by atoms with Crippen LogP contribution in [0.25, 0.3) is 0 Å². The Kier molecular flexibility index (Phi) is 10.7. The van der Waals surface area contributed by atoms with Gasteiger partial charge in [-0.15, -0.1) is 0 Å². The molecule has 2 aliphatic heterocycles. The second kappa shape index (κ2) is 13.2. The molecule has 0 aromatic heterocycles. The minimum absolute atomic E-state index is 0.122. The molecule has 5 atom stereocenters. The molecule has 1 fully saturated rings. The van der Waals surface area contributed by atoms with Gasteiger partial charge in [-0.1, -0.05) is 42.1 Å². The van der Waals surface area contributed by atoms with Gasteiger partial charge in [0.2, 0.25) is 5.91 Å². The molecule has 14 heteroatoms. The summed E-state index contributed by atoms with van der Waals surface area (Å²) >= 11 is 0.929. The second-order valence-electron chi connectivity index (χ2n) is 10.1. The maximum absolute atomic E-state index is 13.6. The summed E-state index contributed by atoms with van der Waals surface area (Å²) in [5.41, 5.74) is -2.06. The number of allylic oxidation sites excluding steroid dienone is 1. The molecule has 0 bridgehead atoms. The standard InChI is InChI=1S/C25H35N2O10PS/c1-24(2,16-28)23(32)39-12-11-35-38(34,26-14-17-7-5-4-6-8-17)36-15-19-21(31)25(3,33)22(37-19)27-10-9-18(29)13-20(27)30/h4-10,19,21-22,28,31,33H,11-16H2,1-3H3,(H,26,34)/t19-,21-,22-,25-,38?/m1/s1. The van der Waals surface area contributed by atoms with Gasteiger partial charge in [0.1, 0.15) is 17.8 Å². The van der Waals surface area contributed by atoms with Crippen LogP contribution in [-0.4, -0.2) is 86.6 Å². The third kappa shape index (κ3) is 8.06. The number of carbonyl (C=O) groups is 3. The Bertz CT molecular complexity index is 1110. The number of amides is 1. The highest BCUT2D eigenvalue weighted by Gasteiger charge is 2.56. The van der Waals surface area contributed by atoms with Crippen LogP contribution < -0.4 is 5.09 Å². The van der Waals surface area contributed by atoms with Crippen LogP contribution in [0, 0.1) is 5.41 Å². The van der Waals surface area contributed by atoms with Crippen LogP contribution in [0.2, 0.25) is 0 Å². The number of thioether (sulfide) groups is 1. The summed E-state index contributed by atoms with van der Waals surface area (Å²) in [5.74, 6) is -0.849. The van der Waals surface area contributed by atoms with Crippen LogP contribution in [0.3, 0.4) is 0 Å². The van der Waals surface area contributed by atoms with Gasteiger partial charge in [0, 0.05) is 18.5 Å². The van der Waals surface area contributed by atoms with Crippen molar-refractivity contribution < 1.29 is 48.1 Å². The minimum atomic E-state index is -4.02. The van der Waals surface area contributed by atoms with E-state index in [0.29, 0.717) is 0 Å². The maximum atomic E-state index is 13.6. The Morgan fingerprint density at radius 1 is 1.28 bits per heavy atom. The van der Waals surface area contributed by atoms with Crippen molar-refractivity contribution in [2.75, 3.05) is 25.6 Å². The summed E-state index contributed by atoms with van der Waals surface area (Å²) in [6, 6.07) is 9.07. The van der Waals surface area contributed by atoms with Gasteiger partial charge in [0.05, 0.1) is 31.7 Å². The van der Waals surface area contributed by atoms with E-state index < -0.39 is 61.9 Å². The zero-order chi connectivity index (χ0) is 28.8. The fourth-order valence-corrected chi connectivity index (χ4v) is 6.01. The molecule has 0 spiro atoms. The van der Waals surface area contributed by atoms with Gasteiger partial charge in [-0.25, -0.2) is 9.65 Å². The van der Waals surface area contributed by atoms with Gasteiger partial charge in [-0.2, -0.15) is 0 Å².